The number of nitrogens with two attached hydrogens (primary N) is 1. The number of nitriles is 1. The van der Waals surface area contributed by atoms with E-state index in [4.69, 9.17) is 15.7 Å². The van der Waals surface area contributed by atoms with E-state index in [-0.39, 0.29) is 0 Å². The third kappa shape index (κ3) is 3.25. The van der Waals surface area contributed by atoms with Gasteiger partial charge in [0.05, 0.1) is 5.56 Å². The van der Waals surface area contributed by atoms with Crippen LogP contribution >= 0.6 is 0 Å². The summed E-state index contributed by atoms with van der Waals surface area (Å²) in [5.74, 6) is 1.32. The maximum Gasteiger partial charge on any atom is 0.148 e. The van der Waals surface area contributed by atoms with Crippen LogP contribution in [0, 0.1) is 18.3 Å². The minimum absolute atomic E-state index is 0.485. The van der Waals surface area contributed by atoms with Crippen LogP contribution in [0.25, 0.3) is 0 Å². The molecule has 0 radical (unpaired) electrons. The summed E-state index contributed by atoms with van der Waals surface area (Å²) in [7, 11) is 0. The van der Waals surface area contributed by atoms with E-state index in [2.05, 4.69) is 16.4 Å². The second-order valence-electron chi connectivity index (χ2n) is 4.25. The minimum atomic E-state index is 0.485. The molecule has 1 heterocycles. The molecule has 0 fully saturated rings. The molecule has 20 heavy (non-hydrogen) atoms. The highest BCUT2D eigenvalue weighted by atomic mass is 16.5. The lowest BCUT2D eigenvalue weighted by Crippen LogP contribution is -2.10. The Morgan fingerprint density at radius 2 is 2.05 bits per heavy atom. The zero-order valence-electron chi connectivity index (χ0n) is 11.3. The number of aryl methyl sites for hydroxylation is 1. The van der Waals surface area contributed by atoms with E-state index < -0.39 is 0 Å². The number of hydrogen-bond acceptors (Lipinski definition) is 5. The number of rotatable bonds is 5. The molecule has 0 aliphatic carbocycles. The molecule has 0 saturated heterocycles. The molecule has 102 valence electrons. The number of benzene rings is 1. The quantitative estimate of drug-likeness (QED) is 0.869. The average molecular weight is 268 g/mol. The maximum absolute atomic E-state index is 9.16. The molecule has 0 unspecified atom stereocenters. The first-order valence-electron chi connectivity index (χ1n) is 6.30. The van der Waals surface area contributed by atoms with Gasteiger partial charge in [0.1, 0.15) is 24.2 Å². The smallest absolute Gasteiger partial charge is 0.148 e. The molecule has 0 aliphatic rings. The molecule has 0 amide bonds. The maximum atomic E-state index is 9.16. The zero-order valence-corrected chi connectivity index (χ0v) is 11.3. The highest BCUT2D eigenvalue weighted by molar-refractivity contribution is 5.64. The molecule has 0 aliphatic heterocycles. The van der Waals surface area contributed by atoms with Gasteiger partial charge in [-0.3, -0.25) is 0 Å². The Morgan fingerprint density at radius 1 is 1.30 bits per heavy atom. The van der Waals surface area contributed by atoms with Gasteiger partial charge in [0.15, 0.2) is 0 Å². The lowest BCUT2D eigenvalue weighted by molar-refractivity contribution is 0.328. The van der Waals surface area contributed by atoms with Crippen molar-refractivity contribution in [3.8, 4) is 11.8 Å². The molecule has 2 aromatic rings. The van der Waals surface area contributed by atoms with Gasteiger partial charge in [-0.15, -0.1) is 0 Å². The Balaban J connectivity index is 2.15. The molecule has 5 heteroatoms. The first-order chi connectivity index (χ1) is 9.74. The van der Waals surface area contributed by atoms with Gasteiger partial charge in [-0.1, -0.05) is 0 Å². The fourth-order valence-corrected chi connectivity index (χ4v) is 1.74. The molecule has 0 bridgehead atoms. The Kier molecular flexibility index (Phi) is 4.53. The van der Waals surface area contributed by atoms with E-state index in [9.17, 15) is 0 Å². The molecule has 2 rings (SSSR count). The van der Waals surface area contributed by atoms with Crippen LogP contribution in [0.1, 0.15) is 11.1 Å². The molecular formula is C15H16N4O. The largest absolute Gasteiger partial charge is 0.492 e. The van der Waals surface area contributed by atoms with Gasteiger partial charge >= 0.3 is 0 Å². The van der Waals surface area contributed by atoms with Crippen LogP contribution in [0.4, 0.5) is 11.5 Å². The topological polar surface area (TPSA) is 84.0 Å². The summed E-state index contributed by atoms with van der Waals surface area (Å²) in [4.78, 5) is 4.20. The van der Waals surface area contributed by atoms with Crippen LogP contribution < -0.4 is 15.8 Å². The van der Waals surface area contributed by atoms with Gasteiger partial charge in [-0.2, -0.15) is 5.26 Å². The van der Waals surface area contributed by atoms with E-state index in [1.165, 1.54) is 0 Å². The van der Waals surface area contributed by atoms with Crippen LogP contribution in [-0.4, -0.2) is 18.1 Å². The summed E-state index contributed by atoms with van der Waals surface area (Å²) < 4.78 is 5.40. The van der Waals surface area contributed by atoms with E-state index in [1.807, 2.05) is 37.3 Å². The summed E-state index contributed by atoms with van der Waals surface area (Å²) in [6, 6.07) is 11.4. The van der Waals surface area contributed by atoms with E-state index in [0.29, 0.717) is 24.5 Å². The summed E-state index contributed by atoms with van der Waals surface area (Å²) in [6.45, 7) is 2.86. The Hall–Kier alpha value is -2.58. The van der Waals surface area contributed by atoms with Gasteiger partial charge in [0, 0.05) is 18.4 Å². The normalized spacial score (nSPS) is 9.85. The Labute approximate surface area is 118 Å². The zero-order chi connectivity index (χ0) is 14.4. The van der Waals surface area contributed by atoms with Crippen LogP contribution in [-0.2, 0) is 0 Å². The summed E-state index contributed by atoms with van der Waals surface area (Å²) >= 11 is 0. The first-order valence-corrected chi connectivity index (χ1v) is 6.30. The van der Waals surface area contributed by atoms with E-state index in [1.54, 1.807) is 6.20 Å². The highest BCUT2D eigenvalue weighted by Gasteiger charge is 2.06. The molecular weight excluding hydrogens is 252 g/mol. The van der Waals surface area contributed by atoms with Gasteiger partial charge in [0.2, 0.25) is 0 Å². The number of aromatic nitrogens is 1. The van der Waals surface area contributed by atoms with Crippen molar-refractivity contribution in [1.82, 2.24) is 4.98 Å². The van der Waals surface area contributed by atoms with Gasteiger partial charge in [0.25, 0.3) is 0 Å². The van der Waals surface area contributed by atoms with E-state index in [0.717, 1.165) is 17.0 Å². The van der Waals surface area contributed by atoms with Crippen molar-refractivity contribution in [3.05, 3.63) is 47.7 Å². The van der Waals surface area contributed by atoms with Crippen LogP contribution in [0.2, 0.25) is 0 Å². The summed E-state index contributed by atoms with van der Waals surface area (Å²) in [6.07, 6.45) is 1.68. The van der Waals surface area contributed by atoms with Crippen molar-refractivity contribution in [1.29, 1.82) is 5.26 Å². The molecule has 0 saturated carbocycles. The molecule has 1 aromatic heterocycles. The lowest BCUT2D eigenvalue weighted by Gasteiger charge is -2.10. The van der Waals surface area contributed by atoms with Gasteiger partial charge in [-0.05, 0) is 42.8 Å². The predicted molar refractivity (Wildman–Crippen MR) is 78.0 cm³/mol. The first kappa shape index (κ1) is 13.8. The monoisotopic (exact) mass is 268 g/mol. The Morgan fingerprint density at radius 3 is 2.70 bits per heavy atom. The predicted octanol–water partition coefficient (Wildman–Crippen LogP) is 2.34. The average Bonchev–Trinajstić information content (AvgIpc) is 2.47. The second-order valence-corrected chi connectivity index (χ2v) is 4.25. The van der Waals surface area contributed by atoms with E-state index >= 15 is 0 Å². The summed E-state index contributed by atoms with van der Waals surface area (Å²) in [5.41, 5.74) is 7.67. The van der Waals surface area contributed by atoms with Crippen LogP contribution in [0.3, 0.4) is 0 Å². The molecule has 5 nitrogen and oxygen atoms in total. The number of nitrogens with zero attached hydrogens (tertiary/aromatic N) is 2. The van der Waals surface area contributed by atoms with Crippen LogP contribution in [0.5, 0.6) is 5.75 Å². The number of ether oxygens (including phenoxy) is 1. The second kappa shape index (κ2) is 6.55. The third-order valence-corrected chi connectivity index (χ3v) is 2.77. The number of pyridine rings is 1. The number of anilines is 2. The minimum Gasteiger partial charge on any atom is -0.492 e. The third-order valence-electron chi connectivity index (χ3n) is 2.77. The Bertz CT molecular complexity index is 617. The lowest BCUT2D eigenvalue weighted by atomic mass is 10.1. The highest BCUT2D eigenvalue weighted by Crippen LogP contribution is 2.22. The number of hydrogen-bond donors (Lipinski definition) is 2. The SMILES string of the molecule is Cc1ccnc(Nc2ccc(OCCN)cc2)c1C#N. The standard InChI is InChI=1S/C15H16N4O/c1-11-6-8-18-15(14(11)10-17)19-12-2-4-13(5-3-12)20-9-7-16/h2-6,8H,7,9,16H2,1H3,(H,18,19). The molecule has 3 N–H and O–H groups in total. The van der Waals surface area contributed by atoms with Crippen molar-refractivity contribution < 1.29 is 4.74 Å². The van der Waals surface area contributed by atoms with Crippen molar-refractivity contribution in [2.24, 2.45) is 5.73 Å². The van der Waals surface area contributed by atoms with Gasteiger partial charge < -0.3 is 15.8 Å². The molecule has 0 atom stereocenters. The number of nitrogens with one attached hydrogen (secondary N) is 1. The fourth-order valence-electron chi connectivity index (χ4n) is 1.74. The summed E-state index contributed by atoms with van der Waals surface area (Å²) in [5, 5.41) is 12.3. The fraction of sp³-hybridized carbons (Fsp3) is 0.200. The van der Waals surface area contributed by atoms with Crippen LogP contribution in [0.15, 0.2) is 36.5 Å². The van der Waals surface area contributed by atoms with Crippen molar-refractivity contribution in [2.75, 3.05) is 18.5 Å². The molecule has 1 aromatic carbocycles. The van der Waals surface area contributed by atoms with Crippen molar-refractivity contribution in [3.63, 3.8) is 0 Å². The van der Waals surface area contributed by atoms with Crippen molar-refractivity contribution in [2.45, 2.75) is 6.92 Å². The van der Waals surface area contributed by atoms with Crippen molar-refractivity contribution >= 4 is 11.5 Å². The van der Waals surface area contributed by atoms with Gasteiger partial charge in [-0.25, -0.2) is 4.98 Å². The molecule has 0 spiro atoms.